The first kappa shape index (κ1) is 8.50. The topological polar surface area (TPSA) is 43.1 Å². The second-order valence-electron chi connectivity index (χ2n) is 1.70. The summed E-state index contributed by atoms with van der Waals surface area (Å²) in [5, 5.41) is 0.136. The van der Waals surface area contributed by atoms with Crippen molar-refractivity contribution in [2.24, 2.45) is 5.73 Å². The molecule has 0 heterocycles. The molecule has 0 aliphatic rings. The summed E-state index contributed by atoms with van der Waals surface area (Å²) in [6.45, 7) is 2.00. The first-order valence-electron chi connectivity index (χ1n) is 2.84. The van der Waals surface area contributed by atoms with Gasteiger partial charge in [0.1, 0.15) is 5.03 Å². The fourth-order valence-electron chi connectivity index (χ4n) is 0.372. The third-order valence-electron chi connectivity index (χ3n) is 0.848. The van der Waals surface area contributed by atoms with E-state index in [1.165, 1.54) is 0 Å². The number of carbonyl (C=O) groups excluding carboxylic acids is 1. The van der Waals surface area contributed by atoms with Crippen molar-refractivity contribution in [2.45, 2.75) is 19.8 Å². The molecule has 0 aliphatic carbocycles. The second-order valence-corrected chi connectivity index (χ2v) is 2.11. The predicted octanol–water partition coefficient (Wildman–Crippen LogP) is 1.39. The lowest BCUT2D eigenvalue weighted by molar-refractivity contribution is -0.114. The molecule has 0 spiro atoms. The van der Waals surface area contributed by atoms with Crippen LogP contribution in [0.15, 0.2) is 11.1 Å². The zero-order valence-corrected chi connectivity index (χ0v) is 6.11. The van der Waals surface area contributed by atoms with Crippen molar-refractivity contribution in [3.05, 3.63) is 11.1 Å². The number of primary amides is 1. The van der Waals surface area contributed by atoms with E-state index in [0.29, 0.717) is 0 Å². The Kier molecular flexibility index (Phi) is 4.14. The standard InChI is InChI=1S/C6H10ClNO/c1-2-3-4-5(7)6(8)9/h4H,2-3H2,1H3,(H2,8,9)/b5-4-. The summed E-state index contributed by atoms with van der Waals surface area (Å²) in [5.74, 6) is -0.551. The lowest BCUT2D eigenvalue weighted by Gasteiger charge is -1.88. The van der Waals surface area contributed by atoms with Crippen molar-refractivity contribution in [2.75, 3.05) is 0 Å². The van der Waals surface area contributed by atoms with E-state index in [2.05, 4.69) is 0 Å². The van der Waals surface area contributed by atoms with Crippen molar-refractivity contribution in [1.29, 1.82) is 0 Å². The molecule has 0 radical (unpaired) electrons. The summed E-state index contributed by atoms with van der Waals surface area (Å²) < 4.78 is 0. The quantitative estimate of drug-likeness (QED) is 0.603. The highest BCUT2D eigenvalue weighted by atomic mass is 35.5. The minimum atomic E-state index is -0.551. The van der Waals surface area contributed by atoms with Crippen molar-refractivity contribution >= 4 is 17.5 Å². The number of hydrogen-bond donors (Lipinski definition) is 1. The molecule has 2 nitrogen and oxygen atoms in total. The van der Waals surface area contributed by atoms with Crippen LogP contribution in [0, 0.1) is 0 Å². The highest BCUT2D eigenvalue weighted by Crippen LogP contribution is 2.02. The first-order chi connectivity index (χ1) is 4.18. The highest BCUT2D eigenvalue weighted by molar-refractivity contribution is 6.41. The van der Waals surface area contributed by atoms with Crippen LogP contribution >= 0.6 is 11.6 Å². The predicted molar refractivity (Wildman–Crippen MR) is 38.0 cm³/mol. The van der Waals surface area contributed by atoms with Crippen LogP contribution < -0.4 is 5.73 Å². The molecule has 2 N–H and O–H groups in total. The number of halogens is 1. The Balaban J connectivity index is 3.69. The van der Waals surface area contributed by atoms with Crippen LogP contribution in [0.3, 0.4) is 0 Å². The van der Waals surface area contributed by atoms with Gasteiger partial charge in [0.25, 0.3) is 5.91 Å². The fraction of sp³-hybridized carbons (Fsp3) is 0.500. The maximum Gasteiger partial charge on any atom is 0.259 e. The number of rotatable bonds is 3. The molecule has 0 aromatic rings. The molecule has 0 saturated heterocycles. The van der Waals surface area contributed by atoms with Crippen molar-refractivity contribution < 1.29 is 4.79 Å². The molecule has 9 heavy (non-hydrogen) atoms. The Morgan fingerprint density at radius 3 is 2.67 bits per heavy atom. The van der Waals surface area contributed by atoms with Crippen LogP contribution in [0.1, 0.15) is 19.8 Å². The molecule has 0 aromatic carbocycles. The SMILES string of the molecule is CCC/C=C(\Cl)C(N)=O. The number of hydrogen-bond acceptors (Lipinski definition) is 1. The molecular formula is C6H10ClNO. The van der Waals surface area contributed by atoms with Gasteiger partial charge in [0, 0.05) is 0 Å². The van der Waals surface area contributed by atoms with Crippen molar-refractivity contribution in [1.82, 2.24) is 0 Å². The summed E-state index contributed by atoms with van der Waals surface area (Å²) in [5.41, 5.74) is 4.84. The normalized spacial score (nSPS) is 11.6. The monoisotopic (exact) mass is 147 g/mol. The summed E-state index contributed by atoms with van der Waals surface area (Å²) in [4.78, 5) is 10.2. The third kappa shape index (κ3) is 4.03. The number of unbranched alkanes of at least 4 members (excludes halogenated alkanes) is 1. The Morgan fingerprint density at radius 2 is 2.33 bits per heavy atom. The maximum absolute atomic E-state index is 10.2. The van der Waals surface area contributed by atoms with Gasteiger partial charge in [0.15, 0.2) is 0 Å². The molecule has 0 aliphatic heterocycles. The molecule has 0 fully saturated rings. The molecule has 1 amide bonds. The van der Waals surface area contributed by atoms with E-state index in [-0.39, 0.29) is 5.03 Å². The minimum absolute atomic E-state index is 0.136. The van der Waals surface area contributed by atoms with Gasteiger partial charge in [0.05, 0.1) is 0 Å². The van der Waals surface area contributed by atoms with Gasteiger partial charge in [-0.1, -0.05) is 31.0 Å². The molecular weight excluding hydrogens is 138 g/mol. The number of carbonyl (C=O) groups is 1. The molecule has 3 heteroatoms. The van der Waals surface area contributed by atoms with Crippen molar-refractivity contribution in [3.63, 3.8) is 0 Å². The number of allylic oxidation sites excluding steroid dienone is 1. The van der Waals surface area contributed by atoms with E-state index < -0.39 is 5.91 Å². The Morgan fingerprint density at radius 1 is 1.78 bits per heavy atom. The molecule has 0 bridgehead atoms. The third-order valence-corrected chi connectivity index (χ3v) is 1.19. The van der Waals surface area contributed by atoms with Gasteiger partial charge >= 0.3 is 0 Å². The largest absolute Gasteiger partial charge is 0.365 e. The van der Waals surface area contributed by atoms with Crippen LogP contribution in [0.25, 0.3) is 0 Å². The average molecular weight is 148 g/mol. The van der Waals surface area contributed by atoms with Crippen LogP contribution in [-0.4, -0.2) is 5.91 Å². The minimum Gasteiger partial charge on any atom is -0.365 e. The molecule has 0 atom stereocenters. The smallest absolute Gasteiger partial charge is 0.259 e. The van der Waals surface area contributed by atoms with Gasteiger partial charge in [-0.25, -0.2) is 0 Å². The molecule has 0 unspecified atom stereocenters. The summed E-state index contributed by atoms with van der Waals surface area (Å²) in [6, 6.07) is 0. The van der Waals surface area contributed by atoms with Gasteiger partial charge < -0.3 is 5.73 Å². The van der Waals surface area contributed by atoms with E-state index in [0.717, 1.165) is 12.8 Å². The molecule has 52 valence electrons. The van der Waals surface area contributed by atoms with Crippen LogP contribution in [0.4, 0.5) is 0 Å². The van der Waals surface area contributed by atoms with Crippen LogP contribution in [0.2, 0.25) is 0 Å². The molecule has 0 aromatic heterocycles. The van der Waals surface area contributed by atoms with Crippen LogP contribution in [-0.2, 0) is 4.79 Å². The Hall–Kier alpha value is -0.500. The zero-order chi connectivity index (χ0) is 7.28. The molecule has 0 saturated carbocycles. The lowest BCUT2D eigenvalue weighted by Crippen LogP contribution is -2.09. The first-order valence-corrected chi connectivity index (χ1v) is 3.21. The van der Waals surface area contributed by atoms with E-state index in [1.807, 2.05) is 6.92 Å². The Labute approximate surface area is 59.7 Å². The van der Waals surface area contributed by atoms with E-state index in [1.54, 1.807) is 6.08 Å². The van der Waals surface area contributed by atoms with Gasteiger partial charge in [-0.3, -0.25) is 4.79 Å². The van der Waals surface area contributed by atoms with Gasteiger partial charge in [0.2, 0.25) is 0 Å². The van der Waals surface area contributed by atoms with Gasteiger partial charge in [-0.15, -0.1) is 0 Å². The van der Waals surface area contributed by atoms with Gasteiger partial charge in [-0.2, -0.15) is 0 Å². The van der Waals surface area contributed by atoms with Gasteiger partial charge in [-0.05, 0) is 6.42 Å². The van der Waals surface area contributed by atoms with Crippen molar-refractivity contribution in [3.8, 4) is 0 Å². The summed E-state index contributed by atoms with van der Waals surface area (Å²) in [7, 11) is 0. The number of nitrogens with two attached hydrogens (primary N) is 1. The summed E-state index contributed by atoms with van der Waals surface area (Å²) in [6.07, 6.45) is 3.41. The van der Waals surface area contributed by atoms with Crippen LogP contribution in [0.5, 0.6) is 0 Å². The highest BCUT2D eigenvalue weighted by Gasteiger charge is 1.96. The zero-order valence-electron chi connectivity index (χ0n) is 5.36. The average Bonchev–Trinajstić information content (AvgIpc) is 1.82. The fourth-order valence-corrected chi connectivity index (χ4v) is 0.481. The van der Waals surface area contributed by atoms with E-state index in [9.17, 15) is 4.79 Å². The Bertz CT molecular complexity index is 131. The molecule has 0 rings (SSSR count). The van der Waals surface area contributed by atoms with E-state index in [4.69, 9.17) is 17.3 Å². The number of amides is 1. The summed E-state index contributed by atoms with van der Waals surface area (Å²) >= 11 is 5.38. The maximum atomic E-state index is 10.2. The lowest BCUT2D eigenvalue weighted by atomic mass is 10.3. The van der Waals surface area contributed by atoms with E-state index >= 15 is 0 Å². The second kappa shape index (κ2) is 4.39.